The highest BCUT2D eigenvalue weighted by Gasteiger charge is 2.20. The van der Waals surface area contributed by atoms with E-state index in [0.717, 1.165) is 31.5 Å². The molecule has 0 radical (unpaired) electrons. The van der Waals surface area contributed by atoms with Crippen molar-refractivity contribution in [1.29, 1.82) is 0 Å². The molecule has 0 saturated carbocycles. The molecular formula is C20H22Cl2N6O. The van der Waals surface area contributed by atoms with Crippen molar-refractivity contribution in [2.75, 3.05) is 29.9 Å². The van der Waals surface area contributed by atoms with Crippen LogP contribution in [0.2, 0.25) is 10.0 Å². The van der Waals surface area contributed by atoms with E-state index < -0.39 is 0 Å². The zero-order valence-corrected chi connectivity index (χ0v) is 17.3. The third-order valence-electron chi connectivity index (χ3n) is 5.27. The fraction of sp³-hybridized carbons (Fsp3) is 0.350. The lowest BCUT2D eigenvalue weighted by Gasteiger charge is -2.34. The van der Waals surface area contributed by atoms with Crippen LogP contribution in [0.5, 0.6) is 0 Å². The van der Waals surface area contributed by atoms with Crippen LogP contribution in [0.3, 0.4) is 0 Å². The summed E-state index contributed by atoms with van der Waals surface area (Å²) in [6.07, 6.45) is 2.01. The number of nitrogens with zero attached hydrogens (tertiary/aromatic N) is 5. The summed E-state index contributed by atoms with van der Waals surface area (Å²) >= 11 is 12.5. The van der Waals surface area contributed by atoms with E-state index in [-0.39, 0.29) is 6.61 Å². The third-order valence-corrected chi connectivity index (χ3v) is 6.08. The molecule has 29 heavy (non-hydrogen) atoms. The van der Waals surface area contributed by atoms with Gasteiger partial charge >= 0.3 is 0 Å². The second-order valence-electron chi connectivity index (χ2n) is 7.08. The van der Waals surface area contributed by atoms with Crippen LogP contribution < -0.4 is 10.2 Å². The number of piperidine rings is 1. The summed E-state index contributed by atoms with van der Waals surface area (Å²) in [5.74, 6) is 0.895. The Balaban J connectivity index is 1.52. The fourth-order valence-corrected chi connectivity index (χ4v) is 3.99. The van der Waals surface area contributed by atoms with E-state index in [4.69, 9.17) is 23.2 Å². The van der Waals surface area contributed by atoms with Crippen LogP contribution in [-0.4, -0.2) is 45.0 Å². The van der Waals surface area contributed by atoms with Gasteiger partial charge in [0.2, 0.25) is 5.95 Å². The molecule has 2 N–H and O–H groups in total. The Morgan fingerprint density at radius 3 is 2.59 bits per heavy atom. The van der Waals surface area contributed by atoms with Crippen molar-refractivity contribution in [1.82, 2.24) is 20.2 Å². The van der Waals surface area contributed by atoms with Gasteiger partial charge in [0, 0.05) is 31.9 Å². The maximum Gasteiger partial charge on any atom is 0.248 e. The Morgan fingerprint density at radius 2 is 1.79 bits per heavy atom. The Hall–Kier alpha value is -2.35. The first-order valence-corrected chi connectivity index (χ1v) is 10.3. The summed E-state index contributed by atoms with van der Waals surface area (Å²) in [7, 11) is 0. The van der Waals surface area contributed by atoms with E-state index in [2.05, 4.69) is 37.9 Å². The lowest BCUT2D eigenvalue weighted by atomic mass is 9.97. The quantitative estimate of drug-likeness (QED) is 0.616. The second-order valence-corrected chi connectivity index (χ2v) is 7.87. The predicted molar refractivity (Wildman–Crippen MR) is 115 cm³/mol. The number of aromatic nitrogens is 4. The largest absolute Gasteiger partial charge is 0.396 e. The molecular weight excluding hydrogens is 411 g/mol. The van der Waals surface area contributed by atoms with Gasteiger partial charge in [0.05, 0.1) is 15.7 Å². The van der Waals surface area contributed by atoms with Crippen molar-refractivity contribution >= 4 is 34.8 Å². The highest BCUT2D eigenvalue weighted by molar-refractivity contribution is 6.43. The van der Waals surface area contributed by atoms with Gasteiger partial charge in [0.25, 0.3) is 0 Å². The number of benzene rings is 2. The SMILES string of the molecule is OCC1CCN(c2ccccc2CNc2nnnn2-c2cccc(Cl)c2Cl)CC1. The molecule has 1 aromatic heterocycles. The molecule has 0 atom stereocenters. The molecule has 9 heteroatoms. The number of rotatable bonds is 6. The summed E-state index contributed by atoms with van der Waals surface area (Å²) < 4.78 is 1.55. The third kappa shape index (κ3) is 4.32. The summed E-state index contributed by atoms with van der Waals surface area (Å²) in [5, 5.41) is 25.5. The van der Waals surface area contributed by atoms with Crippen molar-refractivity contribution in [3.05, 3.63) is 58.1 Å². The normalized spacial score (nSPS) is 14.9. The minimum atomic E-state index is 0.270. The van der Waals surface area contributed by atoms with Gasteiger partial charge in [-0.05, 0) is 52.9 Å². The van der Waals surface area contributed by atoms with Crippen molar-refractivity contribution < 1.29 is 5.11 Å². The smallest absolute Gasteiger partial charge is 0.248 e. The van der Waals surface area contributed by atoms with Crippen LogP contribution in [0.1, 0.15) is 18.4 Å². The number of anilines is 2. The van der Waals surface area contributed by atoms with Crippen LogP contribution in [0.25, 0.3) is 5.69 Å². The highest BCUT2D eigenvalue weighted by Crippen LogP contribution is 2.30. The van der Waals surface area contributed by atoms with Gasteiger partial charge in [0.1, 0.15) is 0 Å². The predicted octanol–water partition coefficient (Wildman–Crippen LogP) is 3.79. The van der Waals surface area contributed by atoms with Gasteiger partial charge in [-0.25, -0.2) is 0 Å². The van der Waals surface area contributed by atoms with E-state index in [1.807, 2.05) is 18.2 Å². The van der Waals surface area contributed by atoms with E-state index in [9.17, 15) is 5.11 Å². The molecule has 3 aromatic rings. The molecule has 4 rings (SSSR count). The number of para-hydroxylation sites is 1. The van der Waals surface area contributed by atoms with E-state index in [1.54, 1.807) is 16.8 Å². The van der Waals surface area contributed by atoms with Crippen molar-refractivity contribution in [2.24, 2.45) is 5.92 Å². The molecule has 0 bridgehead atoms. The van der Waals surface area contributed by atoms with Gasteiger partial charge in [0.15, 0.2) is 0 Å². The summed E-state index contributed by atoms with van der Waals surface area (Å²) in [6.45, 7) is 2.72. The molecule has 0 amide bonds. The molecule has 1 fully saturated rings. The minimum Gasteiger partial charge on any atom is -0.396 e. The first-order valence-electron chi connectivity index (χ1n) is 9.57. The average molecular weight is 433 g/mol. The summed E-state index contributed by atoms with van der Waals surface area (Å²) in [6, 6.07) is 13.6. The van der Waals surface area contributed by atoms with Gasteiger partial charge in [-0.3, -0.25) is 0 Å². The Labute approximate surface area is 179 Å². The van der Waals surface area contributed by atoms with E-state index in [1.165, 1.54) is 5.69 Å². The Kier molecular flexibility index (Phi) is 6.18. The number of aliphatic hydroxyl groups is 1. The highest BCUT2D eigenvalue weighted by atomic mass is 35.5. The molecule has 0 unspecified atom stereocenters. The number of hydrogen-bond acceptors (Lipinski definition) is 6. The number of halogens is 2. The molecule has 1 aliphatic heterocycles. The molecule has 0 aliphatic carbocycles. The summed E-state index contributed by atoms with van der Waals surface area (Å²) in [5.41, 5.74) is 2.96. The lowest BCUT2D eigenvalue weighted by Crippen LogP contribution is -2.35. The Morgan fingerprint density at radius 1 is 1.03 bits per heavy atom. The zero-order chi connectivity index (χ0) is 20.2. The maximum atomic E-state index is 9.38. The number of hydrogen-bond donors (Lipinski definition) is 2. The molecule has 2 heterocycles. The van der Waals surface area contributed by atoms with Crippen LogP contribution >= 0.6 is 23.2 Å². The van der Waals surface area contributed by atoms with E-state index >= 15 is 0 Å². The first kappa shape index (κ1) is 19.9. The average Bonchev–Trinajstić information content (AvgIpc) is 3.23. The topological polar surface area (TPSA) is 79.1 Å². The fourth-order valence-electron chi connectivity index (χ4n) is 3.62. The van der Waals surface area contributed by atoms with Gasteiger partial charge < -0.3 is 15.3 Å². The lowest BCUT2D eigenvalue weighted by molar-refractivity contribution is 0.203. The first-order chi connectivity index (χ1) is 14.2. The molecule has 1 saturated heterocycles. The van der Waals surface area contributed by atoms with E-state index in [0.29, 0.717) is 34.1 Å². The van der Waals surface area contributed by atoms with Gasteiger partial charge in [-0.1, -0.05) is 52.6 Å². The molecule has 7 nitrogen and oxygen atoms in total. The number of aliphatic hydroxyl groups excluding tert-OH is 1. The zero-order valence-electron chi connectivity index (χ0n) is 15.8. The summed E-state index contributed by atoms with van der Waals surface area (Å²) in [4.78, 5) is 2.37. The van der Waals surface area contributed by atoms with Crippen LogP contribution in [0.15, 0.2) is 42.5 Å². The van der Waals surface area contributed by atoms with Crippen LogP contribution in [0.4, 0.5) is 11.6 Å². The number of tetrazole rings is 1. The van der Waals surface area contributed by atoms with Crippen LogP contribution in [-0.2, 0) is 6.54 Å². The van der Waals surface area contributed by atoms with Crippen molar-refractivity contribution in [3.8, 4) is 5.69 Å². The second kappa shape index (κ2) is 8.98. The van der Waals surface area contributed by atoms with Crippen LogP contribution in [0, 0.1) is 5.92 Å². The number of nitrogens with one attached hydrogen (secondary N) is 1. The Bertz CT molecular complexity index is 971. The standard InChI is InChI=1S/C20H22Cl2N6O/c21-16-5-3-7-18(19(16)22)28-20(24-25-26-28)23-12-15-4-1-2-6-17(15)27-10-8-14(13-29)9-11-27/h1-7,14,29H,8-13H2,(H,23,24,26). The van der Waals surface area contributed by atoms with Gasteiger partial charge in [-0.2, -0.15) is 4.68 Å². The maximum absolute atomic E-state index is 9.38. The minimum absolute atomic E-state index is 0.270. The van der Waals surface area contributed by atoms with Crippen molar-refractivity contribution in [2.45, 2.75) is 19.4 Å². The molecule has 152 valence electrons. The van der Waals surface area contributed by atoms with Gasteiger partial charge in [-0.15, -0.1) is 0 Å². The molecule has 2 aromatic carbocycles. The molecule has 0 spiro atoms. The molecule has 1 aliphatic rings. The van der Waals surface area contributed by atoms with Crippen molar-refractivity contribution in [3.63, 3.8) is 0 Å². The monoisotopic (exact) mass is 432 g/mol.